The number of esters is 1. The van der Waals surface area contributed by atoms with E-state index < -0.39 is 5.97 Å². The molecule has 0 heterocycles. The van der Waals surface area contributed by atoms with Crippen LogP contribution >= 0.6 is 11.6 Å². The lowest BCUT2D eigenvalue weighted by Gasteiger charge is -2.11. The third-order valence-electron chi connectivity index (χ3n) is 2.12. The lowest BCUT2D eigenvalue weighted by molar-refractivity contribution is -0.141. The molecule has 5 heteroatoms. The van der Waals surface area contributed by atoms with Crippen LogP contribution in [0.1, 0.15) is 13.8 Å². The fourth-order valence-electron chi connectivity index (χ4n) is 1.17. The van der Waals surface area contributed by atoms with Crippen LogP contribution in [0.4, 0.5) is 0 Å². The van der Waals surface area contributed by atoms with E-state index in [2.05, 4.69) is 0 Å². The highest BCUT2D eigenvalue weighted by Crippen LogP contribution is 2.20. The summed E-state index contributed by atoms with van der Waals surface area (Å²) in [7, 11) is 1.46. The number of halogens is 1. The number of allylic oxidation sites excluding steroid dienone is 1. The van der Waals surface area contributed by atoms with Gasteiger partial charge < -0.3 is 14.2 Å². The summed E-state index contributed by atoms with van der Waals surface area (Å²) in [5.41, 5.74) is 0. The zero-order chi connectivity index (χ0) is 13.5. The number of methoxy groups -OCH3 is 1. The molecule has 4 nitrogen and oxygen atoms in total. The van der Waals surface area contributed by atoms with Gasteiger partial charge in [-0.05, 0) is 38.1 Å². The van der Waals surface area contributed by atoms with Crippen molar-refractivity contribution in [2.45, 2.75) is 13.8 Å². The second-order valence-corrected chi connectivity index (χ2v) is 3.80. The van der Waals surface area contributed by atoms with Crippen molar-refractivity contribution in [3.63, 3.8) is 0 Å². The number of ether oxygens (including phenoxy) is 3. The van der Waals surface area contributed by atoms with E-state index in [-0.39, 0.29) is 12.4 Å². The number of hydrogen-bond donors (Lipinski definition) is 0. The number of hydrogen-bond acceptors (Lipinski definition) is 4. The molecule has 18 heavy (non-hydrogen) atoms. The molecule has 0 radical (unpaired) electrons. The molecule has 0 bridgehead atoms. The van der Waals surface area contributed by atoms with Crippen molar-refractivity contribution in [1.29, 1.82) is 0 Å². The summed E-state index contributed by atoms with van der Waals surface area (Å²) in [5.74, 6) is 0.302. The first-order valence-electron chi connectivity index (χ1n) is 5.44. The number of rotatable bonds is 5. The number of carbonyl (C=O) groups is 1. The Morgan fingerprint density at radius 1 is 1.28 bits per heavy atom. The minimum atomic E-state index is -0.563. The van der Waals surface area contributed by atoms with Crippen molar-refractivity contribution >= 4 is 17.6 Å². The number of carbonyl (C=O) groups excluding carboxylic acids is 1. The SMILES string of the molecule is CCOC(=O)/C(Oc1ccc(Cl)cc1)=C(/C)OC. The van der Waals surface area contributed by atoms with Gasteiger partial charge in [-0.15, -0.1) is 0 Å². The zero-order valence-electron chi connectivity index (χ0n) is 10.5. The third-order valence-corrected chi connectivity index (χ3v) is 2.37. The standard InChI is InChI=1S/C13H15ClO4/c1-4-17-13(15)12(9(2)16-3)18-11-7-5-10(14)6-8-11/h5-8H,4H2,1-3H3/b12-9+. The van der Waals surface area contributed by atoms with E-state index in [1.165, 1.54) is 7.11 Å². The first-order valence-corrected chi connectivity index (χ1v) is 5.81. The molecule has 1 rings (SSSR count). The van der Waals surface area contributed by atoms with Gasteiger partial charge >= 0.3 is 5.97 Å². The molecule has 1 aromatic rings. The van der Waals surface area contributed by atoms with Crippen molar-refractivity contribution in [3.8, 4) is 5.75 Å². The van der Waals surface area contributed by atoms with Gasteiger partial charge in [0.25, 0.3) is 0 Å². The summed E-state index contributed by atoms with van der Waals surface area (Å²) in [4.78, 5) is 11.7. The molecule has 1 aromatic carbocycles. The van der Waals surface area contributed by atoms with Crippen LogP contribution in [0.3, 0.4) is 0 Å². The van der Waals surface area contributed by atoms with Crippen molar-refractivity contribution in [2.24, 2.45) is 0 Å². The molecule has 0 N–H and O–H groups in total. The highest BCUT2D eigenvalue weighted by molar-refractivity contribution is 6.30. The Labute approximate surface area is 111 Å². The van der Waals surface area contributed by atoms with Gasteiger partial charge in [0.1, 0.15) is 11.5 Å². The van der Waals surface area contributed by atoms with Crippen LogP contribution in [0.2, 0.25) is 5.02 Å². The molecule has 0 aliphatic carbocycles. The van der Waals surface area contributed by atoms with Crippen molar-refractivity contribution in [3.05, 3.63) is 40.8 Å². The van der Waals surface area contributed by atoms with E-state index in [4.69, 9.17) is 25.8 Å². The summed E-state index contributed by atoms with van der Waals surface area (Å²) < 4.78 is 15.4. The minimum Gasteiger partial charge on any atom is -0.497 e. The summed E-state index contributed by atoms with van der Waals surface area (Å²) in [6.07, 6.45) is 0. The third kappa shape index (κ3) is 3.96. The summed E-state index contributed by atoms with van der Waals surface area (Å²) >= 11 is 5.77. The molecule has 0 amide bonds. The summed E-state index contributed by atoms with van der Waals surface area (Å²) in [6, 6.07) is 6.65. The maximum atomic E-state index is 11.7. The smallest absolute Gasteiger partial charge is 0.377 e. The predicted molar refractivity (Wildman–Crippen MR) is 68.4 cm³/mol. The Morgan fingerprint density at radius 3 is 2.39 bits per heavy atom. The molecule has 0 saturated carbocycles. The minimum absolute atomic E-state index is 0.0293. The van der Waals surface area contributed by atoms with Crippen molar-refractivity contribution < 1.29 is 19.0 Å². The Kier molecular flexibility index (Phi) is 5.52. The largest absolute Gasteiger partial charge is 0.497 e. The highest BCUT2D eigenvalue weighted by Gasteiger charge is 2.18. The molecule has 0 unspecified atom stereocenters. The van der Waals surface area contributed by atoms with Gasteiger partial charge in [0.15, 0.2) is 0 Å². The second kappa shape index (κ2) is 6.91. The Morgan fingerprint density at radius 2 is 1.89 bits per heavy atom. The van der Waals surface area contributed by atoms with E-state index in [0.29, 0.717) is 16.5 Å². The molecule has 0 atom stereocenters. The van der Waals surface area contributed by atoms with Gasteiger partial charge in [-0.2, -0.15) is 0 Å². The molecule has 0 aliphatic heterocycles. The van der Waals surface area contributed by atoms with E-state index in [0.717, 1.165) is 0 Å². The van der Waals surface area contributed by atoms with E-state index >= 15 is 0 Å². The van der Waals surface area contributed by atoms with Crippen LogP contribution in [0.25, 0.3) is 0 Å². The zero-order valence-corrected chi connectivity index (χ0v) is 11.3. The van der Waals surface area contributed by atoms with Gasteiger partial charge in [0, 0.05) is 5.02 Å². The van der Waals surface area contributed by atoms with Crippen LogP contribution in [0.15, 0.2) is 35.8 Å². The molecular weight excluding hydrogens is 256 g/mol. The number of benzene rings is 1. The molecule has 0 aromatic heterocycles. The monoisotopic (exact) mass is 270 g/mol. The summed E-state index contributed by atoms with van der Waals surface area (Å²) in [5, 5.41) is 0.590. The van der Waals surface area contributed by atoms with Gasteiger partial charge in [-0.1, -0.05) is 11.6 Å². The summed E-state index contributed by atoms with van der Waals surface area (Å²) in [6.45, 7) is 3.62. The topological polar surface area (TPSA) is 44.8 Å². The van der Waals surface area contributed by atoms with Crippen LogP contribution in [0.5, 0.6) is 5.75 Å². The molecule has 0 aliphatic rings. The average molecular weight is 271 g/mol. The molecule has 98 valence electrons. The van der Waals surface area contributed by atoms with Crippen LogP contribution < -0.4 is 4.74 Å². The van der Waals surface area contributed by atoms with E-state index in [1.54, 1.807) is 38.1 Å². The van der Waals surface area contributed by atoms with Crippen LogP contribution in [-0.2, 0) is 14.3 Å². The molecule has 0 spiro atoms. The Balaban J connectivity index is 2.92. The molecular formula is C13H15ClO4. The molecule has 0 saturated heterocycles. The maximum Gasteiger partial charge on any atom is 0.377 e. The first-order chi connectivity index (χ1) is 8.58. The fourth-order valence-corrected chi connectivity index (χ4v) is 1.29. The lowest BCUT2D eigenvalue weighted by atomic mass is 10.3. The van der Waals surface area contributed by atoms with Crippen LogP contribution in [-0.4, -0.2) is 19.7 Å². The first kappa shape index (κ1) is 14.4. The maximum absolute atomic E-state index is 11.7. The average Bonchev–Trinajstić information content (AvgIpc) is 2.37. The van der Waals surface area contributed by atoms with Crippen LogP contribution in [0, 0.1) is 0 Å². The van der Waals surface area contributed by atoms with Gasteiger partial charge in [-0.25, -0.2) is 4.79 Å². The van der Waals surface area contributed by atoms with Gasteiger partial charge in [-0.3, -0.25) is 0 Å². The van der Waals surface area contributed by atoms with Crippen molar-refractivity contribution in [2.75, 3.05) is 13.7 Å². The fraction of sp³-hybridized carbons (Fsp3) is 0.308. The van der Waals surface area contributed by atoms with Crippen molar-refractivity contribution in [1.82, 2.24) is 0 Å². The Bertz CT molecular complexity index is 437. The van der Waals surface area contributed by atoms with E-state index in [1.807, 2.05) is 0 Å². The van der Waals surface area contributed by atoms with Gasteiger partial charge in [0.05, 0.1) is 13.7 Å². The highest BCUT2D eigenvalue weighted by atomic mass is 35.5. The van der Waals surface area contributed by atoms with E-state index in [9.17, 15) is 4.79 Å². The second-order valence-electron chi connectivity index (χ2n) is 3.37. The lowest BCUT2D eigenvalue weighted by Crippen LogP contribution is -2.15. The normalized spacial score (nSPS) is 11.6. The predicted octanol–water partition coefficient (Wildman–Crippen LogP) is 3.16. The van der Waals surface area contributed by atoms with Gasteiger partial charge in [0.2, 0.25) is 5.76 Å². The molecule has 0 fully saturated rings. The Hall–Kier alpha value is -1.68. The quantitative estimate of drug-likeness (QED) is 0.468.